The number of methoxy groups -OCH3 is 1. The van der Waals surface area contributed by atoms with Gasteiger partial charge in [-0.1, -0.05) is 6.42 Å². The fraction of sp³-hybridized carbons (Fsp3) is 0.600. The van der Waals surface area contributed by atoms with Crippen LogP contribution in [0.2, 0.25) is 0 Å². The van der Waals surface area contributed by atoms with Crippen molar-refractivity contribution in [2.75, 3.05) is 33.4 Å². The molecule has 0 N–H and O–H groups in total. The average Bonchev–Trinajstić information content (AvgIpc) is 3.10. The maximum absolute atomic E-state index is 13.5. The Morgan fingerprint density at radius 3 is 2.52 bits per heavy atom. The predicted octanol–water partition coefficient (Wildman–Crippen LogP) is 2.79. The Morgan fingerprint density at radius 2 is 1.85 bits per heavy atom. The number of piperidine rings is 1. The number of nitrogens with zero attached hydrogens (tertiary/aromatic N) is 3. The number of aliphatic imine (C=N–C) groups is 1. The molecule has 0 aromatic heterocycles. The summed E-state index contributed by atoms with van der Waals surface area (Å²) < 4.78 is 10.4. The van der Waals surface area contributed by atoms with Gasteiger partial charge in [0.25, 0.3) is 5.91 Å². The van der Waals surface area contributed by atoms with Gasteiger partial charge in [0, 0.05) is 18.7 Å². The third kappa shape index (κ3) is 4.75. The smallest absolute Gasteiger partial charge is 0.310 e. The van der Waals surface area contributed by atoms with Crippen molar-refractivity contribution in [1.82, 2.24) is 9.80 Å². The number of amides is 2. The Bertz CT molecular complexity index is 920. The van der Waals surface area contributed by atoms with Gasteiger partial charge < -0.3 is 19.3 Å². The first kappa shape index (κ1) is 23.3. The summed E-state index contributed by atoms with van der Waals surface area (Å²) in [5, 5.41) is 0. The van der Waals surface area contributed by atoms with Crippen molar-refractivity contribution in [3.05, 3.63) is 29.8 Å². The molecule has 0 bridgehead atoms. The molecule has 1 saturated heterocycles. The van der Waals surface area contributed by atoms with E-state index in [0.717, 1.165) is 50.5 Å². The Labute approximate surface area is 194 Å². The Hall–Kier alpha value is -2.90. The van der Waals surface area contributed by atoms with Gasteiger partial charge in [0.15, 0.2) is 0 Å². The lowest BCUT2D eigenvalue weighted by Gasteiger charge is -2.40. The summed E-state index contributed by atoms with van der Waals surface area (Å²) in [4.78, 5) is 47.3. The van der Waals surface area contributed by atoms with Crippen LogP contribution in [0.3, 0.4) is 0 Å². The summed E-state index contributed by atoms with van der Waals surface area (Å²) in [5.74, 6) is -0.166. The molecule has 1 atom stereocenters. The number of hydrogen-bond donors (Lipinski definition) is 0. The highest BCUT2D eigenvalue weighted by Gasteiger charge is 2.48. The molecule has 1 aromatic carbocycles. The van der Waals surface area contributed by atoms with E-state index in [4.69, 9.17) is 14.5 Å². The van der Waals surface area contributed by atoms with Gasteiger partial charge in [-0.2, -0.15) is 0 Å². The van der Waals surface area contributed by atoms with Gasteiger partial charge in [-0.05, 0) is 69.7 Å². The van der Waals surface area contributed by atoms with Crippen LogP contribution in [0.15, 0.2) is 29.3 Å². The van der Waals surface area contributed by atoms with Crippen molar-refractivity contribution in [3.8, 4) is 5.75 Å². The van der Waals surface area contributed by atoms with Crippen LogP contribution in [-0.4, -0.2) is 72.3 Å². The minimum absolute atomic E-state index is 0.0163. The van der Waals surface area contributed by atoms with E-state index in [9.17, 15) is 14.4 Å². The second-order valence-electron chi connectivity index (χ2n) is 9.05. The fourth-order valence-corrected chi connectivity index (χ4v) is 5.18. The van der Waals surface area contributed by atoms with E-state index < -0.39 is 5.66 Å². The second-order valence-corrected chi connectivity index (χ2v) is 9.05. The van der Waals surface area contributed by atoms with Gasteiger partial charge >= 0.3 is 5.97 Å². The van der Waals surface area contributed by atoms with Gasteiger partial charge in [-0.15, -0.1) is 0 Å². The molecule has 3 aliphatic rings. The highest BCUT2D eigenvalue weighted by molar-refractivity contribution is 6.47. The molecule has 1 spiro atoms. The molecule has 178 valence electrons. The normalized spacial score (nSPS) is 22.3. The maximum atomic E-state index is 13.5. The lowest BCUT2D eigenvalue weighted by molar-refractivity contribution is -0.152. The van der Waals surface area contributed by atoms with Crippen LogP contribution < -0.4 is 4.74 Å². The topological polar surface area (TPSA) is 88.5 Å². The number of carbonyl (C=O) groups is 3. The number of benzene rings is 1. The average molecular weight is 456 g/mol. The van der Waals surface area contributed by atoms with E-state index in [0.29, 0.717) is 31.2 Å². The summed E-state index contributed by atoms with van der Waals surface area (Å²) in [6.07, 6.45) is 6.06. The Balaban J connectivity index is 1.52. The molecule has 4 rings (SSSR count). The molecule has 33 heavy (non-hydrogen) atoms. The highest BCUT2D eigenvalue weighted by Crippen LogP contribution is 2.39. The summed E-state index contributed by atoms with van der Waals surface area (Å²) >= 11 is 0. The Morgan fingerprint density at radius 1 is 1.12 bits per heavy atom. The van der Waals surface area contributed by atoms with Crippen LogP contribution in [0.5, 0.6) is 5.75 Å². The van der Waals surface area contributed by atoms with Crippen molar-refractivity contribution in [3.63, 3.8) is 0 Å². The van der Waals surface area contributed by atoms with Crippen molar-refractivity contribution in [1.29, 1.82) is 0 Å². The molecule has 1 saturated carbocycles. The Kier molecular flexibility index (Phi) is 7.00. The first-order valence-electron chi connectivity index (χ1n) is 12.0. The quantitative estimate of drug-likeness (QED) is 0.616. The molecule has 2 aliphatic heterocycles. The predicted molar refractivity (Wildman–Crippen MR) is 123 cm³/mol. The van der Waals surface area contributed by atoms with Gasteiger partial charge in [0.1, 0.15) is 23.7 Å². The minimum atomic E-state index is -0.656. The molecule has 0 radical (unpaired) electrons. The summed E-state index contributed by atoms with van der Waals surface area (Å²) in [6.45, 7) is 3.04. The highest BCUT2D eigenvalue weighted by atomic mass is 16.5. The molecular formula is C25H33N3O5. The number of likely N-dealkylation sites (tertiary alicyclic amines) is 1. The molecular weight excluding hydrogens is 422 g/mol. The summed E-state index contributed by atoms with van der Waals surface area (Å²) in [5.41, 5.74) is 0.493. The number of rotatable bonds is 6. The maximum Gasteiger partial charge on any atom is 0.310 e. The van der Waals surface area contributed by atoms with Crippen molar-refractivity contribution in [2.45, 2.75) is 57.5 Å². The molecule has 1 aromatic rings. The molecule has 2 fully saturated rings. The number of carbonyl (C=O) groups excluding carboxylic acids is 3. The van der Waals surface area contributed by atoms with Crippen LogP contribution in [0, 0.1) is 5.92 Å². The van der Waals surface area contributed by atoms with Crippen LogP contribution in [0.25, 0.3) is 0 Å². The standard InChI is InChI=1S/C25H33N3O5/c1-3-33-24(31)19-8-7-15-27(16-19)21(29)17-28-23(30)22(18-9-11-20(32-2)12-10-18)26-25(28)13-5-4-6-14-25/h9-12,19H,3-8,13-17H2,1-2H3. The largest absolute Gasteiger partial charge is 0.497 e. The van der Waals surface area contributed by atoms with Gasteiger partial charge in [-0.25, -0.2) is 0 Å². The molecule has 8 heteroatoms. The first-order valence-corrected chi connectivity index (χ1v) is 12.0. The molecule has 1 unspecified atom stereocenters. The van der Waals surface area contributed by atoms with Gasteiger partial charge in [0.05, 0.1) is 19.6 Å². The molecule has 1 aliphatic carbocycles. The lowest BCUT2D eigenvalue weighted by Crippen LogP contribution is -2.54. The summed E-state index contributed by atoms with van der Waals surface area (Å²) in [7, 11) is 1.60. The zero-order valence-corrected chi connectivity index (χ0v) is 19.5. The van der Waals surface area contributed by atoms with E-state index >= 15 is 0 Å². The second kappa shape index (κ2) is 9.93. The number of esters is 1. The van der Waals surface area contributed by atoms with Crippen molar-refractivity contribution < 1.29 is 23.9 Å². The van der Waals surface area contributed by atoms with Crippen molar-refractivity contribution >= 4 is 23.5 Å². The van der Waals surface area contributed by atoms with E-state index in [-0.39, 0.29) is 30.2 Å². The summed E-state index contributed by atoms with van der Waals surface area (Å²) in [6, 6.07) is 7.31. The molecule has 2 heterocycles. The monoisotopic (exact) mass is 455 g/mol. The zero-order valence-electron chi connectivity index (χ0n) is 19.5. The van der Waals surface area contributed by atoms with E-state index in [2.05, 4.69) is 0 Å². The first-order chi connectivity index (χ1) is 16.0. The fourth-order valence-electron chi connectivity index (χ4n) is 5.18. The van der Waals surface area contributed by atoms with Crippen LogP contribution in [-0.2, 0) is 19.1 Å². The number of hydrogen-bond acceptors (Lipinski definition) is 6. The van der Waals surface area contributed by atoms with Crippen LogP contribution in [0.1, 0.15) is 57.4 Å². The molecule has 2 amide bonds. The third-order valence-electron chi connectivity index (χ3n) is 6.98. The van der Waals surface area contributed by atoms with E-state index in [1.807, 2.05) is 24.3 Å². The third-order valence-corrected chi connectivity index (χ3v) is 6.98. The van der Waals surface area contributed by atoms with Crippen LogP contribution >= 0.6 is 0 Å². The number of ether oxygens (including phenoxy) is 2. The lowest BCUT2D eigenvalue weighted by atomic mass is 9.88. The van der Waals surface area contributed by atoms with Gasteiger partial charge in [0.2, 0.25) is 5.91 Å². The van der Waals surface area contributed by atoms with E-state index in [1.54, 1.807) is 23.8 Å². The van der Waals surface area contributed by atoms with Crippen molar-refractivity contribution in [2.24, 2.45) is 10.9 Å². The minimum Gasteiger partial charge on any atom is -0.497 e. The molecule has 8 nitrogen and oxygen atoms in total. The SMILES string of the molecule is CCOC(=O)C1CCCN(C(=O)CN2C(=O)C(c3ccc(OC)cc3)=NC23CCCCC3)C1. The van der Waals surface area contributed by atoms with E-state index in [1.165, 1.54) is 0 Å². The van der Waals surface area contributed by atoms with Gasteiger partial charge in [-0.3, -0.25) is 19.4 Å². The zero-order chi connectivity index (χ0) is 23.4. The van der Waals surface area contributed by atoms with Crippen LogP contribution in [0.4, 0.5) is 0 Å².